The fraction of sp³-hybridized carbons (Fsp3) is 0.526. The van der Waals surface area contributed by atoms with Gasteiger partial charge >= 0.3 is 0 Å². The summed E-state index contributed by atoms with van der Waals surface area (Å²) in [6, 6.07) is 0.487. The summed E-state index contributed by atoms with van der Waals surface area (Å²) in [5.74, 6) is 1.53. The summed E-state index contributed by atoms with van der Waals surface area (Å²) in [7, 11) is 0. The average molecular weight is 369 g/mol. The molecule has 7 heteroatoms. The van der Waals surface area contributed by atoms with Crippen molar-refractivity contribution in [2.45, 2.75) is 51.1 Å². The van der Waals surface area contributed by atoms with Crippen molar-refractivity contribution in [1.29, 1.82) is 0 Å². The van der Waals surface area contributed by atoms with E-state index in [0.717, 1.165) is 42.1 Å². The van der Waals surface area contributed by atoms with Crippen molar-refractivity contribution in [2.24, 2.45) is 0 Å². The van der Waals surface area contributed by atoms with E-state index in [-0.39, 0.29) is 0 Å². The van der Waals surface area contributed by atoms with Crippen molar-refractivity contribution in [3.63, 3.8) is 0 Å². The number of anilines is 1. The normalized spacial score (nSPS) is 21.2. The number of fused-ring (bicyclic) bond motifs is 3. The maximum absolute atomic E-state index is 6.36. The van der Waals surface area contributed by atoms with Crippen LogP contribution in [0.5, 0.6) is 0 Å². The zero-order valence-electron chi connectivity index (χ0n) is 14.9. The number of nitrogens with two attached hydrogens (primary N) is 1. The highest BCUT2D eigenvalue weighted by Gasteiger charge is 2.23. The van der Waals surface area contributed by atoms with Crippen molar-refractivity contribution < 1.29 is 0 Å². The Labute approximate surface area is 157 Å². The molecule has 0 radical (unpaired) electrons. The molecule has 2 aliphatic rings. The van der Waals surface area contributed by atoms with E-state index >= 15 is 0 Å². The van der Waals surface area contributed by atoms with Gasteiger partial charge in [0.25, 0.3) is 0 Å². The van der Waals surface area contributed by atoms with Gasteiger partial charge in [-0.2, -0.15) is 0 Å². The van der Waals surface area contributed by atoms with Gasteiger partial charge in [0.05, 0.1) is 18.3 Å². The van der Waals surface area contributed by atoms with Crippen LogP contribution in [-0.2, 0) is 19.4 Å². The minimum absolute atomic E-state index is 0.487. The molecule has 1 saturated heterocycles. The van der Waals surface area contributed by atoms with Gasteiger partial charge in [0.2, 0.25) is 0 Å². The van der Waals surface area contributed by atoms with Crippen LogP contribution in [0, 0.1) is 0 Å². The lowest BCUT2D eigenvalue weighted by molar-refractivity contribution is 0.167. The molecule has 0 amide bonds. The number of hydrogen-bond donors (Lipinski definition) is 1. The molecule has 1 unspecified atom stereocenters. The molecule has 1 aliphatic heterocycles. The van der Waals surface area contributed by atoms with Gasteiger partial charge in [-0.25, -0.2) is 15.0 Å². The molecule has 3 aromatic rings. The van der Waals surface area contributed by atoms with Crippen LogP contribution in [0.3, 0.4) is 0 Å². The molecule has 5 rings (SSSR count). The number of rotatable bonds is 3. The SMILES string of the molecule is Nc1nc(CN2CCCC(n3ccnc3)C2)nc2sc3c(c12)CCCC3. The number of likely N-dealkylation sites (tertiary alicyclic amines) is 1. The number of piperidine rings is 1. The molecule has 0 saturated carbocycles. The summed E-state index contributed by atoms with van der Waals surface area (Å²) in [5, 5.41) is 1.13. The lowest BCUT2D eigenvalue weighted by atomic mass is 9.97. The fourth-order valence-corrected chi connectivity index (χ4v) is 5.69. The Morgan fingerprint density at radius 3 is 3.00 bits per heavy atom. The second kappa shape index (κ2) is 6.63. The molecule has 1 aliphatic carbocycles. The molecule has 26 heavy (non-hydrogen) atoms. The van der Waals surface area contributed by atoms with Crippen LogP contribution in [0.1, 0.15) is 48.0 Å². The van der Waals surface area contributed by atoms with Crippen molar-refractivity contribution in [3.8, 4) is 0 Å². The van der Waals surface area contributed by atoms with Crippen LogP contribution in [0.15, 0.2) is 18.7 Å². The molecule has 0 spiro atoms. The number of hydrogen-bond acceptors (Lipinski definition) is 6. The van der Waals surface area contributed by atoms with E-state index in [1.807, 2.05) is 23.9 Å². The quantitative estimate of drug-likeness (QED) is 0.769. The molecular weight excluding hydrogens is 344 g/mol. The molecule has 0 aromatic carbocycles. The van der Waals surface area contributed by atoms with E-state index in [4.69, 9.17) is 10.7 Å². The molecule has 1 atom stereocenters. The lowest BCUT2D eigenvalue weighted by Gasteiger charge is -2.32. The lowest BCUT2D eigenvalue weighted by Crippen LogP contribution is -2.36. The van der Waals surface area contributed by atoms with E-state index in [0.29, 0.717) is 11.9 Å². The van der Waals surface area contributed by atoms with Gasteiger partial charge in [-0.15, -0.1) is 11.3 Å². The Bertz CT molecular complexity index is 916. The predicted octanol–water partition coefficient (Wildman–Crippen LogP) is 3.19. The highest BCUT2D eigenvalue weighted by Crippen LogP contribution is 2.37. The summed E-state index contributed by atoms with van der Waals surface area (Å²) < 4.78 is 2.22. The number of aromatic nitrogens is 4. The highest BCUT2D eigenvalue weighted by atomic mass is 32.1. The second-order valence-corrected chi connectivity index (χ2v) is 8.54. The third-order valence-corrected chi connectivity index (χ3v) is 6.87. The number of nitrogen functional groups attached to an aromatic ring is 1. The summed E-state index contributed by atoms with van der Waals surface area (Å²) >= 11 is 1.83. The largest absolute Gasteiger partial charge is 0.383 e. The molecule has 0 bridgehead atoms. The molecule has 4 heterocycles. The first kappa shape index (κ1) is 16.2. The summed E-state index contributed by atoms with van der Waals surface area (Å²) in [5.41, 5.74) is 7.78. The molecule has 2 N–H and O–H groups in total. The van der Waals surface area contributed by atoms with Gasteiger partial charge in [0.1, 0.15) is 16.5 Å². The Morgan fingerprint density at radius 1 is 1.19 bits per heavy atom. The molecular formula is C19H24N6S. The van der Waals surface area contributed by atoms with Crippen LogP contribution in [0.25, 0.3) is 10.2 Å². The zero-order chi connectivity index (χ0) is 17.5. The summed E-state index contributed by atoms with van der Waals surface area (Å²) in [6.07, 6.45) is 13.1. The van der Waals surface area contributed by atoms with Gasteiger partial charge in [-0.1, -0.05) is 0 Å². The Morgan fingerprint density at radius 2 is 2.12 bits per heavy atom. The molecule has 136 valence electrons. The molecule has 1 fully saturated rings. The Kier molecular flexibility index (Phi) is 4.13. The minimum atomic E-state index is 0.487. The summed E-state index contributed by atoms with van der Waals surface area (Å²) in [6.45, 7) is 2.87. The highest BCUT2D eigenvalue weighted by molar-refractivity contribution is 7.19. The number of nitrogens with zero attached hydrogens (tertiary/aromatic N) is 5. The van der Waals surface area contributed by atoms with Crippen molar-refractivity contribution in [2.75, 3.05) is 18.8 Å². The first-order valence-electron chi connectivity index (χ1n) is 9.54. The van der Waals surface area contributed by atoms with Crippen LogP contribution in [0.4, 0.5) is 5.82 Å². The fourth-order valence-electron chi connectivity index (χ4n) is 4.41. The smallest absolute Gasteiger partial charge is 0.146 e. The van der Waals surface area contributed by atoms with Gasteiger partial charge in [-0.05, 0) is 50.6 Å². The molecule has 3 aromatic heterocycles. The van der Waals surface area contributed by atoms with E-state index in [1.165, 1.54) is 42.5 Å². The molecule has 6 nitrogen and oxygen atoms in total. The second-order valence-electron chi connectivity index (χ2n) is 7.46. The van der Waals surface area contributed by atoms with Gasteiger partial charge in [-0.3, -0.25) is 4.90 Å². The van der Waals surface area contributed by atoms with E-state index in [9.17, 15) is 0 Å². The third kappa shape index (κ3) is 2.89. The van der Waals surface area contributed by atoms with Gasteiger partial charge in [0.15, 0.2) is 0 Å². The maximum Gasteiger partial charge on any atom is 0.146 e. The van der Waals surface area contributed by atoms with Gasteiger partial charge < -0.3 is 10.3 Å². The maximum atomic E-state index is 6.36. The van der Waals surface area contributed by atoms with Crippen molar-refractivity contribution in [1.82, 2.24) is 24.4 Å². The zero-order valence-corrected chi connectivity index (χ0v) is 15.7. The van der Waals surface area contributed by atoms with Crippen molar-refractivity contribution in [3.05, 3.63) is 35.0 Å². The monoisotopic (exact) mass is 368 g/mol. The predicted molar refractivity (Wildman–Crippen MR) is 104 cm³/mol. The topological polar surface area (TPSA) is 72.9 Å². The standard InChI is InChI=1S/C19H24N6S/c20-18-17-14-5-1-2-6-15(14)26-19(17)23-16(22-18)11-24-8-3-4-13(10-24)25-9-7-21-12-25/h7,9,12-13H,1-6,8,10-11H2,(H2,20,22,23). The Balaban J connectivity index is 1.39. The minimum Gasteiger partial charge on any atom is -0.383 e. The van der Waals surface area contributed by atoms with Crippen LogP contribution < -0.4 is 5.73 Å². The number of thiophene rings is 1. The first-order chi connectivity index (χ1) is 12.8. The third-order valence-electron chi connectivity index (χ3n) is 5.68. The Hall–Kier alpha value is -1.99. The van der Waals surface area contributed by atoms with E-state index in [2.05, 4.69) is 25.6 Å². The van der Waals surface area contributed by atoms with E-state index in [1.54, 1.807) is 0 Å². The number of aryl methyl sites for hydroxylation is 2. The van der Waals surface area contributed by atoms with E-state index < -0.39 is 0 Å². The van der Waals surface area contributed by atoms with Crippen LogP contribution in [-0.4, -0.2) is 37.5 Å². The van der Waals surface area contributed by atoms with Crippen LogP contribution >= 0.6 is 11.3 Å². The number of imidazole rings is 1. The van der Waals surface area contributed by atoms with Crippen molar-refractivity contribution >= 4 is 27.4 Å². The average Bonchev–Trinajstić information content (AvgIpc) is 3.29. The first-order valence-corrected chi connectivity index (χ1v) is 10.4. The summed E-state index contributed by atoms with van der Waals surface area (Å²) in [4.78, 5) is 18.8. The van der Waals surface area contributed by atoms with Gasteiger partial charge in [0, 0.05) is 29.9 Å². The van der Waals surface area contributed by atoms with Crippen LogP contribution in [0.2, 0.25) is 0 Å².